The molecule has 120 valence electrons. The zero-order valence-corrected chi connectivity index (χ0v) is 13.3. The number of rotatable bonds is 9. The first kappa shape index (κ1) is 17.9. The lowest BCUT2D eigenvalue weighted by molar-refractivity contribution is 0.0503. The van der Waals surface area contributed by atoms with Crippen LogP contribution in [0.4, 0.5) is 0 Å². The van der Waals surface area contributed by atoms with E-state index in [1.54, 1.807) is 0 Å². The molecule has 0 spiro atoms. The molecule has 0 amide bonds. The standard InChI is InChI=1S/C16H34N2O2/c1-3-18(2)10-9-14(19)12-16(20)15(17)11-13-7-5-4-6-8-13/h13-16,19-20H,3-12,17H2,1-2H3. The van der Waals surface area contributed by atoms with Crippen LogP contribution in [0.5, 0.6) is 0 Å². The Bertz CT molecular complexity index is 245. The summed E-state index contributed by atoms with van der Waals surface area (Å²) in [4.78, 5) is 2.16. The van der Waals surface area contributed by atoms with Gasteiger partial charge in [-0.15, -0.1) is 0 Å². The van der Waals surface area contributed by atoms with E-state index in [2.05, 4.69) is 11.8 Å². The van der Waals surface area contributed by atoms with E-state index in [4.69, 9.17) is 5.73 Å². The van der Waals surface area contributed by atoms with Gasteiger partial charge < -0.3 is 20.8 Å². The Kier molecular flexibility index (Phi) is 8.69. The third-order valence-corrected chi connectivity index (χ3v) is 4.72. The highest BCUT2D eigenvalue weighted by molar-refractivity contribution is 4.79. The molecular formula is C16H34N2O2. The minimum atomic E-state index is -0.571. The Morgan fingerprint density at radius 1 is 1.20 bits per heavy atom. The predicted octanol–water partition coefficient (Wildman–Crippen LogP) is 1.74. The second kappa shape index (κ2) is 9.72. The first-order valence-corrected chi connectivity index (χ1v) is 8.33. The van der Waals surface area contributed by atoms with Crippen LogP contribution < -0.4 is 5.73 Å². The molecule has 1 aliphatic carbocycles. The van der Waals surface area contributed by atoms with E-state index >= 15 is 0 Å². The van der Waals surface area contributed by atoms with Gasteiger partial charge in [0.1, 0.15) is 0 Å². The van der Waals surface area contributed by atoms with Gasteiger partial charge in [-0.05, 0) is 32.4 Å². The van der Waals surface area contributed by atoms with Crippen LogP contribution in [-0.4, -0.2) is 53.5 Å². The van der Waals surface area contributed by atoms with Crippen LogP contribution in [0.25, 0.3) is 0 Å². The highest BCUT2D eigenvalue weighted by Gasteiger charge is 2.23. The molecule has 0 aromatic heterocycles. The van der Waals surface area contributed by atoms with Crippen LogP contribution in [0.1, 0.15) is 58.3 Å². The molecule has 0 bridgehead atoms. The summed E-state index contributed by atoms with van der Waals surface area (Å²) in [5.74, 6) is 0.678. The van der Waals surface area contributed by atoms with Gasteiger partial charge in [-0.1, -0.05) is 39.0 Å². The number of nitrogens with two attached hydrogens (primary N) is 1. The van der Waals surface area contributed by atoms with Crippen LogP contribution >= 0.6 is 0 Å². The van der Waals surface area contributed by atoms with Gasteiger partial charge in [0.2, 0.25) is 0 Å². The van der Waals surface area contributed by atoms with Crippen molar-refractivity contribution < 1.29 is 10.2 Å². The molecule has 0 saturated heterocycles. The fourth-order valence-electron chi connectivity index (χ4n) is 3.06. The molecule has 1 rings (SSSR count). The van der Waals surface area contributed by atoms with Crippen molar-refractivity contribution in [2.75, 3.05) is 20.1 Å². The van der Waals surface area contributed by atoms with E-state index in [1.807, 2.05) is 7.05 Å². The first-order chi connectivity index (χ1) is 9.52. The minimum absolute atomic E-state index is 0.184. The second-order valence-corrected chi connectivity index (χ2v) is 6.55. The van der Waals surface area contributed by atoms with Gasteiger partial charge >= 0.3 is 0 Å². The number of hydrogen-bond donors (Lipinski definition) is 3. The normalized spacial score (nSPS) is 21.9. The van der Waals surface area contributed by atoms with Crippen molar-refractivity contribution in [3.05, 3.63) is 0 Å². The summed E-state index contributed by atoms with van der Waals surface area (Å²) in [5, 5.41) is 20.1. The monoisotopic (exact) mass is 286 g/mol. The third-order valence-electron chi connectivity index (χ3n) is 4.72. The van der Waals surface area contributed by atoms with Gasteiger partial charge in [0.05, 0.1) is 12.2 Å². The molecule has 1 fully saturated rings. The second-order valence-electron chi connectivity index (χ2n) is 6.55. The summed E-state index contributed by atoms with van der Waals surface area (Å²) in [6, 6.07) is -0.184. The molecule has 4 heteroatoms. The zero-order chi connectivity index (χ0) is 15.0. The maximum Gasteiger partial charge on any atom is 0.0715 e. The van der Waals surface area contributed by atoms with Crippen LogP contribution in [0.3, 0.4) is 0 Å². The van der Waals surface area contributed by atoms with E-state index in [0.717, 1.165) is 19.5 Å². The Morgan fingerprint density at radius 3 is 2.45 bits per heavy atom. The lowest BCUT2D eigenvalue weighted by Crippen LogP contribution is -2.39. The quantitative estimate of drug-likeness (QED) is 0.604. The number of hydrogen-bond acceptors (Lipinski definition) is 4. The van der Waals surface area contributed by atoms with Crippen molar-refractivity contribution in [2.24, 2.45) is 11.7 Å². The van der Waals surface area contributed by atoms with Crippen LogP contribution in [-0.2, 0) is 0 Å². The Morgan fingerprint density at radius 2 is 1.85 bits per heavy atom. The smallest absolute Gasteiger partial charge is 0.0715 e. The zero-order valence-electron chi connectivity index (χ0n) is 13.3. The van der Waals surface area contributed by atoms with Crippen molar-refractivity contribution in [3.63, 3.8) is 0 Å². The molecule has 0 aliphatic heterocycles. The molecular weight excluding hydrogens is 252 g/mol. The van der Waals surface area contributed by atoms with E-state index in [-0.39, 0.29) is 6.04 Å². The van der Waals surface area contributed by atoms with Crippen molar-refractivity contribution in [1.29, 1.82) is 0 Å². The Hall–Kier alpha value is -0.160. The molecule has 4 nitrogen and oxygen atoms in total. The van der Waals surface area contributed by atoms with E-state index in [9.17, 15) is 10.2 Å². The summed E-state index contributed by atoms with van der Waals surface area (Å²) in [6.07, 6.45) is 7.47. The number of nitrogens with zero attached hydrogens (tertiary/aromatic N) is 1. The van der Waals surface area contributed by atoms with Crippen molar-refractivity contribution in [2.45, 2.75) is 76.5 Å². The maximum atomic E-state index is 10.1. The summed E-state index contributed by atoms with van der Waals surface area (Å²) in [6.45, 7) is 3.94. The lowest BCUT2D eigenvalue weighted by Gasteiger charge is -2.28. The van der Waals surface area contributed by atoms with Gasteiger partial charge in [-0.25, -0.2) is 0 Å². The molecule has 0 radical (unpaired) electrons. The first-order valence-electron chi connectivity index (χ1n) is 8.33. The highest BCUT2D eigenvalue weighted by atomic mass is 16.3. The molecule has 0 aromatic carbocycles. The molecule has 0 heterocycles. The topological polar surface area (TPSA) is 69.7 Å². The Balaban J connectivity index is 2.20. The van der Waals surface area contributed by atoms with Crippen molar-refractivity contribution in [3.8, 4) is 0 Å². The van der Waals surface area contributed by atoms with Gasteiger partial charge in [0.15, 0.2) is 0 Å². The van der Waals surface area contributed by atoms with Crippen molar-refractivity contribution >= 4 is 0 Å². The minimum Gasteiger partial charge on any atom is -0.393 e. The number of aliphatic hydroxyl groups excluding tert-OH is 2. The summed E-state index contributed by atoms with van der Waals surface area (Å²) >= 11 is 0. The highest BCUT2D eigenvalue weighted by Crippen LogP contribution is 2.27. The molecule has 3 unspecified atom stereocenters. The largest absolute Gasteiger partial charge is 0.393 e. The fraction of sp³-hybridized carbons (Fsp3) is 1.00. The summed E-state index contributed by atoms with van der Waals surface area (Å²) in [7, 11) is 2.04. The average molecular weight is 286 g/mol. The predicted molar refractivity (Wildman–Crippen MR) is 83.6 cm³/mol. The molecule has 20 heavy (non-hydrogen) atoms. The average Bonchev–Trinajstić information content (AvgIpc) is 2.45. The van der Waals surface area contributed by atoms with E-state index in [0.29, 0.717) is 18.8 Å². The van der Waals surface area contributed by atoms with E-state index in [1.165, 1.54) is 32.1 Å². The van der Waals surface area contributed by atoms with Gasteiger partial charge in [0, 0.05) is 19.0 Å². The third kappa shape index (κ3) is 7.02. The lowest BCUT2D eigenvalue weighted by atomic mass is 9.83. The van der Waals surface area contributed by atoms with Crippen molar-refractivity contribution in [1.82, 2.24) is 4.90 Å². The molecule has 4 N–H and O–H groups in total. The summed E-state index contributed by atoms with van der Waals surface area (Å²) in [5.41, 5.74) is 6.11. The molecule has 0 aromatic rings. The molecule has 1 saturated carbocycles. The van der Waals surface area contributed by atoms with Crippen LogP contribution in [0.15, 0.2) is 0 Å². The van der Waals surface area contributed by atoms with Gasteiger partial charge in [0.25, 0.3) is 0 Å². The maximum absolute atomic E-state index is 10.1. The molecule has 1 aliphatic rings. The fourth-order valence-corrected chi connectivity index (χ4v) is 3.06. The molecule has 3 atom stereocenters. The van der Waals surface area contributed by atoms with Gasteiger partial charge in [-0.2, -0.15) is 0 Å². The van der Waals surface area contributed by atoms with Gasteiger partial charge in [-0.3, -0.25) is 0 Å². The SMILES string of the molecule is CCN(C)CCC(O)CC(O)C(N)CC1CCCCC1. The summed E-state index contributed by atoms with van der Waals surface area (Å²) < 4.78 is 0. The van der Waals surface area contributed by atoms with Crippen LogP contribution in [0, 0.1) is 5.92 Å². The Labute approximate surface area is 124 Å². The van der Waals surface area contributed by atoms with E-state index < -0.39 is 12.2 Å². The number of aliphatic hydroxyl groups is 2. The van der Waals surface area contributed by atoms with Crippen LogP contribution in [0.2, 0.25) is 0 Å².